The van der Waals surface area contributed by atoms with Crippen LogP contribution in [0.3, 0.4) is 0 Å². The molecule has 0 aliphatic heterocycles. The predicted octanol–water partition coefficient (Wildman–Crippen LogP) is 3.66. The topological polar surface area (TPSA) is 69.7 Å². The average Bonchev–Trinajstić information content (AvgIpc) is 3.46. The van der Waals surface area contributed by atoms with Crippen LogP contribution in [0.1, 0.15) is 62.1 Å². The van der Waals surface area contributed by atoms with Crippen LogP contribution in [0.25, 0.3) is 0 Å². The minimum atomic E-state index is -0.867. The molecule has 0 aromatic heterocycles. The largest absolute Gasteiger partial charge is 0.507 e. The van der Waals surface area contributed by atoms with E-state index in [2.05, 4.69) is 25.5 Å². The summed E-state index contributed by atoms with van der Waals surface area (Å²) in [6, 6.07) is 3.88. The summed E-state index contributed by atoms with van der Waals surface area (Å²) < 4.78 is 0. The SMILES string of the molecule is C=C1CC[C@@]2(O)[C@H](C)Cc3ccc(C(N)=S)c(O)c3[C@@]2(CCN(C)CC2CC2)C1. The van der Waals surface area contributed by atoms with Crippen LogP contribution in [0.5, 0.6) is 5.75 Å². The Balaban J connectivity index is 1.82. The Hall–Kier alpha value is -1.43. The number of aromatic hydroxyl groups is 1. The molecule has 0 heterocycles. The average molecular weight is 415 g/mol. The maximum Gasteiger partial charge on any atom is 0.129 e. The number of aliphatic hydroxyl groups is 1. The normalized spacial score (nSPS) is 31.4. The summed E-state index contributed by atoms with van der Waals surface area (Å²) in [5, 5.41) is 23.4. The molecule has 1 aromatic rings. The first kappa shape index (κ1) is 20.8. The van der Waals surface area contributed by atoms with E-state index in [1.807, 2.05) is 12.1 Å². The number of hydrogen-bond acceptors (Lipinski definition) is 4. The number of rotatable bonds is 6. The van der Waals surface area contributed by atoms with Gasteiger partial charge in [-0.25, -0.2) is 0 Å². The van der Waals surface area contributed by atoms with Crippen molar-refractivity contribution < 1.29 is 10.2 Å². The van der Waals surface area contributed by atoms with Gasteiger partial charge >= 0.3 is 0 Å². The second-order valence-electron chi connectivity index (χ2n) is 9.85. The van der Waals surface area contributed by atoms with E-state index in [0.717, 1.165) is 55.0 Å². The van der Waals surface area contributed by atoms with Crippen molar-refractivity contribution in [1.82, 2.24) is 4.90 Å². The zero-order chi connectivity index (χ0) is 21.0. The molecule has 3 aliphatic rings. The van der Waals surface area contributed by atoms with Crippen LogP contribution in [0.4, 0.5) is 0 Å². The Bertz CT molecular complexity index is 850. The van der Waals surface area contributed by atoms with Crippen molar-refractivity contribution in [2.24, 2.45) is 17.6 Å². The first-order valence-corrected chi connectivity index (χ1v) is 11.3. The summed E-state index contributed by atoms with van der Waals surface area (Å²) in [5.74, 6) is 1.11. The maximum atomic E-state index is 12.1. The molecule has 158 valence electrons. The number of benzene rings is 1. The second-order valence-corrected chi connectivity index (χ2v) is 10.3. The van der Waals surface area contributed by atoms with Gasteiger partial charge in [0.15, 0.2) is 0 Å². The van der Waals surface area contributed by atoms with Crippen LogP contribution in [-0.4, -0.2) is 45.8 Å². The molecular formula is C24H34N2O2S. The number of phenolic OH excluding ortho intramolecular Hbond substituents is 1. The fourth-order valence-corrected chi connectivity index (χ4v) is 6.14. The quantitative estimate of drug-likeness (QED) is 0.490. The van der Waals surface area contributed by atoms with E-state index >= 15 is 0 Å². The molecule has 0 amide bonds. The van der Waals surface area contributed by atoms with Crippen LogP contribution in [0, 0.1) is 11.8 Å². The van der Waals surface area contributed by atoms with E-state index in [9.17, 15) is 10.2 Å². The molecule has 4 N–H and O–H groups in total. The van der Waals surface area contributed by atoms with Crippen LogP contribution in [0.2, 0.25) is 0 Å². The minimum Gasteiger partial charge on any atom is -0.507 e. The number of thiocarbonyl (C=S) groups is 1. The summed E-state index contributed by atoms with van der Waals surface area (Å²) in [6.07, 6.45) is 6.43. The molecule has 0 unspecified atom stereocenters. The van der Waals surface area contributed by atoms with Crippen LogP contribution in [-0.2, 0) is 11.8 Å². The Morgan fingerprint density at radius 1 is 1.38 bits per heavy atom. The van der Waals surface area contributed by atoms with Crippen LogP contribution in [0.15, 0.2) is 24.3 Å². The molecule has 2 saturated carbocycles. The van der Waals surface area contributed by atoms with Gasteiger partial charge in [-0.3, -0.25) is 0 Å². The molecule has 0 bridgehead atoms. The van der Waals surface area contributed by atoms with E-state index in [4.69, 9.17) is 18.0 Å². The fraction of sp³-hybridized carbons (Fsp3) is 0.625. The van der Waals surface area contributed by atoms with Gasteiger partial charge in [0.05, 0.1) is 11.2 Å². The Morgan fingerprint density at radius 3 is 2.76 bits per heavy atom. The van der Waals surface area contributed by atoms with Gasteiger partial charge in [0.1, 0.15) is 10.7 Å². The number of nitrogens with zero attached hydrogens (tertiary/aromatic N) is 1. The molecule has 1 aromatic carbocycles. The highest BCUT2D eigenvalue weighted by Crippen LogP contribution is 2.60. The molecule has 2 fully saturated rings. The predicted molar refractivity (Wildman–Crippen MR) is 121 cm³/mol. The zero-order valence-electron chi connectivity index (χ0n) is 17.7. The van der Waals surface area contributed by atoms with Crippen molar-refractivity contribution in [3.05, 3.63) is 41.0 Å². The lowest BCUT2D eigenvalue weighted by Gasteiger charge is -2.58. The number of hydrogen-bond donors (Lipinski definition) is 3. The summed E-state index contributed by atoms with van der Waals surface area (Å²) >= 11 is 5.20. The van der Waals surface area contributed by atoms with Crippen molar-refractivity contribution >= 4 is 17.2 Å². The van der Waals surface area contributed by atoms with Gasteiger partial charge in [0.2, 0.25) is 0 Å². The highest BCUT2D eigenvalue weighted by Gasteiger charge is 2.60. The first-order chi connectivity index (χ1) is 13.7. The van der Waals surface area contributed by atoms with Crippen molar-refractivity contribution in [3.8, 4) is 5.75 Å². The van der Waals surface area contributed by atoms with Crippen molar-refractivity contribution in [3.63, 3.8) is 0 Å². The van der Waals surface area contributed by atoms with Crippen molar-refractivity contribution in [2.45, 2.75) is 62.9 Å². The van der Waals surface area contributed by atoms with E-state index in [1.165, 1.54) is 12.8 Å². The van der Waals surface area contributed by atoms with Gasteiger partial charge in [0.25, 0.3) is 0 Å². The summed E-state index contributed by atoms with van der Waals surface area (Å²) in [7, 11) is 2.17. The van der Waals surface area contributed by atoms with Gasteiger partial charge in [-0.2, -0.15) is 0 Å². The fourth-order valence-electron chi connectivity index (χ4n) is 5.98. The molecule has 4 nitrogen and oxygen atoms in total. The zero-order valence-corrected chi connectivity index (χ0v) is 18.5. The van der Waals surface area contributed by atoms with Gasteiger partial charge < -0.3 is 20.8 Å². The Kier molecular flexibility index (Phi) is 5.29. The van der Waals surface area contributed by atoms with E-state index < -0.39 is 11.0 Å². The third-order valence-electron chi connectivity index (χ3n) is 7.78. The van der Waals surface area contributed by atoms with Crippen molar-refractivity contribution in [2.75, 3.05) is 20.1 Å². The maximum absolute atomic E-state index is 12.1. The molecule has 5 heteroatoms. The first-order valence-electron chi connectivity index (χ1n) is 10.9. The molecule has 29 heavy (non-hydrogen) atoms. The van der Waals surface area contributed by atoms with Crippen LogP contribution < -0.4 is 5.73 Å². The van der Waals surface area contributed by atoms with E-state index in [0.29, 0.717) is 18.4 Å². The lowest BCUT2D eigenvalue weighted by molar-refractivity contribution is -0.113. The second kappa shape index (κ2) is 7.36. The highest BCUT2D eigenvalue weighted by atomic mass is 32.1. The number of allylic oxidation sites excluding steroid dienone is 1. The third-order valence-corrected chi connectivity index (χ3v) is 8.00. The minimum absolute atomic E-state index is 0.118. The lowest BCUT2D eigenvalue weighted by atomic mass is 9.49. The van der Waals surface area contributed by atoms with Gasteiger partial charge in [-0.05, 0) is 82.0 Å². The number of phenols is 1. The van der Waals surface area contributed by atoms with Crippen LogP contribution >= 0.6 is 12.2 Å². The Morgan fingerprint density at radius 2 is 2.10 bits per heavy atom. The summed E-state index contributed by atoms with van der Waals surface area (Å²) in [6.45, 7) is 8.44. The molecule has 4 rings (SSSR count). The molecule has 3 aliphatic carbocycles. The third kappa shape index (κ3) is 3.41. The van der Waals surface area contributed by atoms with Crippen molar-refractivity contribution in [1.29, 1.82) is 0 Å². The monoisotopic (exact) mass is 414 g/mol. The van der Waals surface area contributed by atoms with E-state index in [1.54, 1.807) is 0 Å². The smallest absolute Gasteiger partial charge is 0.129 e. The molecule has 3 atom stereocenters. The Labute approximate surface area is 179 Å². The van der Waals surface area contributed by atoms with E-state index in [-0.39, 0.29) is 16.7 Å². The number of nitrogens with two attached hydrogens (primary N) is 1. The lowest BCUT2D eigenvalue weighted by Crippen LogP contribution is -2.62. The van der Waals surface area contributed by atoms with Gasteiger partial charge in [-0.1, -0.05) is 37.4 Å². The standard InChI is InChI=1S/C24H34N2O2S/c1-15-8-9-24(28)16(2)12-18-6-7-19(22(25)29)21(27)20(18)23(24,13-15)10-11-26(3)14-17-4-5-17/h6-7,16-17,27-28H,1,4-5,8-14H2,2-3H3,(H2,25,29)/t16-,23-,24-/m1/s1. The van der Waals surface area contributed by atoms with Gasteiger partial charge in [0, 0.05) is 17.5 Å². The summed E-state index contributed by atoms with van der Waals surface area (Å²) in [4.78, 5) is 2.58. The molecule has 0 radical (unpaired) electrons. The number of fused-ring (bicyclic) bond motifs is 3. The van der Waals surface area contributed by atoms with Gasteiger partial charge in [-0.15, -0.1) is 0 Å². The molecule has 0 spiro atoms. The molecular weight excluding hydrogens is 380 g/mol. The summed E-state index contributed by atoms with van der Waals surface area (Å²) in [5.41, 5.74) is 8.13. The molecule has 0 saturated heterocycles. The highest BCUT2D eigenvalue weighted by molar-refractivity contribution is 7.80.